The Bertz CT molecular complexity index is 1750. The second-order valence-corrected chi connectivity index (χ2v) is 23.1. The van der Waals surface area contributed by atoms with Crippen LogP contribution >= 0.6 is 11.6 Å². The van der Waals surface area contributed by atoms with Crippen molar-refractivity contribution in [3.63, 3.8) is 0 Å². The van der Waals surface area contributed by atoms with E-state index in [-0.39, 0.29) is 70.1 Å². The first-order chi connectivity index (χ1) is 26.9. The number of ketones is 1. The minimum Gasteiger partial charge on any atom is -0.481 e. The normalized spacial score (nSPS) is 35.5. The number of rotatable bonds is 14. The molecule has 0 amide bonds. The molecule has 0 bridgehead atoms. The van der Waals surface area contributed by atoms with Gasteiger partial charge in [0.2, 0.25) is 0 Å². The third kappa shape index (κ3) is 8.01. The number of nitrogens with zero attached hydrogens (tertiary/aromatic N) is 1. The predicted octanol–water partition coefficient (Wildman–Crippen LogP) is 11.0. The van der Waals surface area contributed by atoms with E-state index in [9.17, 15) is 24.6 Å². The molecule has 0 radical (unpaired) electrons. The second-order valence-electron chi connectivity index (χ2n) is 22.6. The fourth-order valence-electron chi connectivity index (χ4n) is 14.6. The van der Waals surface area contributed by atoms with Crippen LogP contribution in [0.1, 0.15) is 151 Å². The summed E-state index contributed by atoms with van der Waals surface area (Å²) in [5, 5.41) is 22.9. The van der Waals surface area contributed by atoms with E-state index in [2.05, 4.69) is 79.6 Å². The second kappa shape index (κ2) is 16.2. The first-order valence-electron chi connectivity index (χ1n) is 22.7. The van der Waals surface area contributed by atoms with Crippen molar-refractivity contribution in [3.05, 3.63) is 46.0 Å². The Morgan fingerprint density at radius 3 is 2.21 bits per heavy atom. The number of aliphatic hydroxyl groups is 1. The Balaban J connectivity index is 1.27. The summed E-state index contributed by atoms with van der Waals surface area (Å²) in [6.45, 7) is 21.3. The number of carbonyl (C=O) groups excluding carboxylic acids is 2. The van der Waals surface area contributed by atoms with Gasteiger partial charge in [0.05, 0.1) is 18.9 Å². The maximum absolute atomic E-state index is 14.3. The quantitative estimate of drug-likeness (QED) is 0.180. The third-order valence-electron chi connectivity index (χ3n) is 17.6. The van der Waals surface area contributed by atoms with Crippen molar-refractivity contribution in [1.29, 1.82) is 0 Å². The number of esters is 1. The Morgan fingerprint density at radius 2 is 1.59 bits per heavy atom. The molecule has 0 saturated heterocycles. The maximum atomic E-state index is 14.3. The van der Waals surface area contributed by atoms with E-state index in [0.717, 1.165) is 81.3 Å². The van der Waals surface area contributed by atoms with Gasteiger partial charge in [0.15, 0.2) is 5.78 Å². The highest BCUT2D eigenvalue weighted by Gasteiger charge is 2.70. The molecule has 10 atom stereocenters. The number of aliphatic hydroxyl groups excluding tert-OH is 1. The number of allylic oxidation sites excluding steroid dienone is 1. The summed E-state index contributed by atoms with van der Waals surface area (Å²) in [4.78, 5) is 41.4. The summed E-state index contributed by atoms with van der Waals surface area (Å²) < 4.78 is 6.30. The summed E-state index contributed by atoms with van der Waals surface area (Å²) in [7, 11) is 4.23. The van der Waals surface area contributed by atoms with E-state index in [4.69, 9.17) is 16.3 Å². The molecule has 7 nitrogen and oxygen atoms in total. The Labute approximate surface area is 355 Å². The molecule has 5 aliphatic carbocycles. The maximum Gasteiger partial charge on any atom is 0.306 e. The number of aliphatic carboxylic acids is 1. The summed E-state index contributed by atoms with van der Waals surface area (Å²) in [6, 6.07) is 8.15. The van der Waals surface area contributed by atoms with Gasteiger partial charge in [-0.3, -0.25) is 14.4 Å². The lowest BCUT2D eigenvalue weighted by atomic mass is 9.33. The van der Waals surface area contributed by atoms with Crippen LogP contribution in [0.4, 0.5) is 0 Å². The lowest BCUT2D eigenvalue weighted by Crippen LogP contribution is -2.66. The molecule has 1 aromatic rings. The molecular weight excluding hydrogens is 746 g/mol. The molecule has 8 heteroatoms. The minimum absolute atomic E-state index is 0.00990. The zero-order valence-corrected chi connectivity index (χ0v) is 38.6. The van der Waals surface area contributed by atoms with Crippen molar-refractivity contribution in [3.8, 4) is 0 Å². The molecule has 4 fully saturated rings. The largest absolute Gasteiger partial charge is 0.481 e. The molecule has 2 N–H and O–H groups in total. The zero-order valence-electron chi connectivity index (χ0n) is 37.8. The van der Waals surface area contributed by atoms with Crippen LogP contribution in [-0.4, -0.2) is 65.7 Å². The average Bonchev–Trinajstić information content (AvgIpc) is 3.42. The zero-order chi connectivity index (χ0) is 42.8. The van der Waals surface area contributed by atoms with Crippen molar-refractivity contribution in [2.45, 2.75) is 164 Å². The lowest BCUT2D eigenvalue weighted by molar-refractivity contribution is -0.235. The molecule has 6 rings (SSSR count). The molecule has 1 unspecified atom stereocenters. The number of ether oxygens (including phenoxy) is 1. The number of carboxylic acids is 1. The highest BCUT2D eigenvalue weighted by atomic mass is 35.5. The van der Waals surface area contributed by atoms with E-state index < -0.39 is 22.9 Å². The fraction of sp³-hybridized carbons (Fsp3) is 0.780. The topological polar surface area (TPSA) is 104 Å². The molecule has 58 heavy (non-hydrogen) atoms. The first-order valence-corrected chi connectivity index (χ1v) is 23.0. The van der Waals surface area contributed by atoms with E-state index in [1.807, 2.05) is 26.0 Å². The number of halogens is 1. The Morgan fingerprint density at radius 1 is 0.914 bits per heavy atom. The molecular formula is C50H76ClNO6. The fourth-order valence-corrected chi connectivity index (χ4v) is 14.7. The molecule has 0 heterocycles. The van der Waals surface area contributed by atoms with Crippen LogP contribution in [-0.2, 0) is 25.5 Å². The number of fused-ring (bicyclic) bond motifs is 7. The number of benzene rings is 1. The van der Waals surface area contributed by atoms with E-state index in [1.165, 1.54) is 11.1 Å². The van der Waals surface area contributed by atoms with Gasteiger partial charge >= 0.3 is 11.9 Å². The summed E-state index contributed by atoms with van der Waals surface area (Å²) >= 11 is 6.26. The van der Waals surface area contributed by atoms with Crippen LogP contribution in [0.5, 0.6) is 0 Å². The molecule has 324 valence electrons. The number of carboxylic acid groups (broad SMARTS) is 1. The van der Waals surface area contributed by atoms with Crippen molar-refractivity contribution in [2.75, 3.05) is 20.6 Å². The van der Waals surface area contributed by atoms with E-state index >= 15 is 0 Å². The van der Waals surface area contributed by atoms with Gasteiger partial charge in [0.25, 0.3) is 0 Å². The van der Waals surface area contributed by atoms with Crippen LogP contribution in [0.2, 0.25) is 5.02 Å². The van der Waals surface area contributed by atoms with Gasteiger partial charge in [-0.25, -0.2) is 0 Å². The summed E-state index contributed by atoms with van der Waals surface area (Å²) in [5.41, 5.74) is 2.33. The van der Waals surface area contributed by atoms with Gasteiger partial charge in [-0.05, 0) is 166 Å². The number of Topliss-reactive ketones (excluding diaryl/α,β-unsaturated/α-hetero) is 1. The van der Waals surface area contributed by atoms with Crippen LogP contribution in [0.25, 0.3) is 0 Å². The van der Waals surface area contributed by atoms with Crippen LogP contribution < -0.4 is 0 Å². The standard InChI is InChI=1S/C50H76ClNO6/c1-31(2)43-36(53)28-50(39(54)27-33(20-25-52(10)11)26-32-12-14-34(51)15-13-32)24-23-48(8)35(44(43)50)16-17-38-47(7)21-19-40(46(5,6)37(47)18-22-49(38,48)9)58-42(57)30-45(3,4)29-41(55)56/h12-15,31,33,35,37-40,54H,16-30H2,1-11H3,(H,55,56)/t33?,35-,37+,38-,39+,40+,47+,48-,49-,50+/m1/s1. The van der Waals surface area contributed by atoms with Gasteiger partial charge in [-0.15, -0.1) is 0 Å². The van der Waals surface area contributed by atoms with Gasteiger partial charge in [0.1, 0.15) is 6.10 Å². The van der Waals surface area contributed by atoms with Gasteiger partial charge in [0, 0.05) is 22.3 Å². The van der Waals surface area contributed by atoms with Crippen molar-refractivity contribution < 1.29 is 29.3 Å². The smallest absolute Gasteiger partial charge is 0.306 e. The molecule has 0 spiro atoms. The van der Waals surface area contributed by atoms with Crippen molar-refractivity contribution in [1.82, 2.24) is 4.90 Å². The highest BCUT2D eigenvalue weighted by molar-refractivity contribution is 6.30. The first kappa shape index (κ1) is 45.3. The molecule has 1 aromatic carbocycles. The summed E-state index contributed by atoms with van der Waals surface area (Å²) in [6.07, 6.45) is 10.2. The average molecular weight is 823 g/mol. The molecule has 0 aliphatic heterocycles. The van der Waals surface area contributed by atoms with E-state index in [0.29, 0.717) is 24.7 Å². The lowest BCUT2D eigenvalue weighted by Gasteiger charge is -2.72. The van der Waals surface area contributed by atoms with Crippen LogP contribution in [0.15, 0.2) is 35.4 Å². The predicted molar refractivity (Wildman–Crippen MR) is 232 cm³/mol. The third-order valence-corrected chi connectivity index (χ3v) is 17.8. The van der Waals surface area contributed by atoms with Crippen molar-refractivity contribution >= 4 is 29.3 Å². The molecule has 4 saturated carbocycles. The van der Waals surface area contributed by atoms with Crippen LogP contribution in [0, 0.1) is 62.1 Å². The van der Waals surface area contributed by atoms with Gasteiger partial charge < -0.3 is 19.8 Å². The van der Waals surface area contributed by atoms with Crippen molar-refractivity contribution in [2.24, 2.45) is 62.1 Å². The highest BCUT2D eigenvalue weighted by Crippen LogP contribution is 2.77. The van der Waals surface area contributed by atoms with Crippen LogP contribution in [0.3, 0.4) is 0 Å². The SMILES string of the molecule is CC(C)C1=C2[C@H]3CC[C@@H]4[C@@]5(C)CC[C@H](OC(=O)CC(C)(C)CC(=O)O)C(C)(C)[C@@H]5CC[C@@]4(C)[C@]3(C)CC[C@@]2([C@@H](O)CC(CCN(C)C)Cc2ccc(Cl)cc2)CC1=O. The van der Waals surface area contributed by atoms with Gasteiger partial charge in [-0.1, -0.05) is 91.6 Å². The van der Waals surface area contributed by atoms with E-state index in [1.54, 1.807) is 0 Å². The molecule has 5 aliphatic rings. The number of carbonyl (C=O) groups is 3. The minimum atomic E-state index is -0.897. The van der Waals surface area contributed by atoms with Gasteiger partial charge in [-0.2, -0.15) is 0 Å². The Hall–Kier alpha value is -2.22. The number of hydrogen-bond acceptors (Lipinski definition) is 6. The monoisotopic (exact) mass is 822 g/mol. The number of hydrogen-bond donors (Lipinski definition) is 2. The Kier molecular flexibility index (Phi) is 12.7. The molecule has 0 aromatic heterocycles. The summed E-state index contributed by atoms with van der Waals surface area (Å²) in [5.74, 6) is 0.617.